The van der Waals surface area contributed by atoms with Gasteiger partial charge in [0.15, 0.2) is 5.17 Å². The van der Waals surface area contributed by atoms with Crippen LogP contribution in [0.25, 0.3) is 0 Å². The number of rotatable bonds is 0. The average Bonchev–Trinajstić information content (AvgIpc) is 2.18. The molecule has 0 atom stereocenters. The van der Waals surface area contributed by atoms with Gasteiger partial charge < -0.3 is 4.90 Å². The molecule has 1 aliphatic heterocycles. The molecule has 15 heavy (non-hydrogen) atoms. The van der Waals surface area contributed by atoms with Crippen molar-refractivity contribution >= 4 is 16.9 Å². The molecule has 1 rings (SSSR count). The van der Waals surface area contributed by atoms with Gasteiger partial charge in [-0.3, -0.25) is 4.90 Å². The molecule has 84 valence electrons. The maximum atomic E-state index is 8.59. The first-order chi connectivity index (χ1) is 7.01. The van der Waals surface area contributed by atoms with Gasteiger partial charge in [0.05, 0.1) is 0 Å². The van der Waals surface area contributed by atoms with E-state index < -0.39 is 0 Å². The molecule has 0 spiro atoms. The predicted octanol–water partition coefficient (Wildman–Crippen LogP) is 1.21. The molecular weight excluding hydrogens is 208 g/mol. The smallest absolute Gasteiger partial charge is 0.208 e. The van der Waals surface area contributed by atoms with Gasteiger partial charge in [-0.05, 0) is 27.2 Å². The van der Waals surface area contributed by atoms with Gasteiger partial charge >= 0.3 is 0 Å². The van der Waals surface area contributed by atoms with Crippen LogP contribution in [0, 0.1) is 11.5 Å². The molecule has 1 fully saturated rings. The van der Waals surface area contributed by atoms with Crippen molar-refractivity contribution in [2.75, 3.05) is 32.9 Å². The lowest BCUT2D eigenvalue weighted by Gasteiger charge is -2.45. The van der Waals surface area contributed by atoms with E-state index in [1.165, 1.54) is 11.8 Å². The number of nitrogens with zero attached hydrogens (tertiary/aromatic N) is 4. The van der Waals surface area contributed by atoms with Crippen LogP contribution in [0.2, 0.25) is 0 Å². The minimum absolute atomic E-state index is 0.143. The van der Waals surface area contributed by atoms with Crippen molar-refractivity contribution in [1.82, 2.24) is 9.80 Å². The van der Waals surface area contributed by atoms with Crippen molar-refractivity contribution in [3.05, 3.63) is 0 Å². The first-order valence-electron chi connectivity index (χ1n) is 4.98. The maximum absolute atomic E-state index is 8.59. The van der Waals surface area contributed by atoms with Gasteiger partial charge in [0.25, 0.3) is 0 Å². The van der Waals surface area contributed by atoms with Gasteiger partial charge in [-0.1, -0.05) is 11.8 Å². The molecule has 0 bridgehead atoms. The molecule has 0 aromatic heterocycles. The summed E-state index contributed by atoms with van der Waals surface area (Å²) in [5.74, 6) is 0. The molecule has 0 aromatic rings. The zero-order valence-corrected chi connectivity index (χ0v) is 10.6. The van der Waals surface area contributed by atoms with Crippen molar-refractivity contribution < 1.29 is 0 Å². The molecule has 0 saturated carbocycles. The van der Waals surface area contributed by atoms with Crippen LogP contribution in [-0.4, -0.2) is 53.4 Å². The third-order valence-corrected chi connectivity index (χ3v) is 3.63. The van der Waals surface area contributed by atoms with Gasteiger partial charge in [-0.2, -0.15) is 5.26 Å². The average molecular weight is 226 g/mol. The highest BCUT2D eigenvalue weighted by Gasteiger charge is 2.32. The quantitative estimate of drug-likeness (QED) is 0.354. The van der Waals surface area contributed by atoms with E-state index >= 15 is 0 Å². The first-order valence-corrected chi connectivity index (χ1v) is 6.20. The second-order valence-electron chi connectivity index (χ2n) is 4.35. The van der Waals surface area contributed by atoms with Crippen molar-refractivity contribution in [2.24, 2.45) is 4.99 Å². The molecular formula is C10H18N4S. The van der Waals surface area contributed by atoms with Crippen LogP contribution in [0.4, 0.5) is 0 Å². The summed E-state index contributed by atoms with van der Waals surface area (Å²) >= 11 is 1.54. The topological polar surface area (TPSA) is 42.6 Å². The van der Waals surface area contributed by atoms with Crippen LogP contribution < -0.4 is 0 Å². The van der Waals surface area contributed by atoms with E-state index in [-0.39, 0.29) is 5.54 Å². The normalized spacial score (nSPS) is 22.6. The van der Waals surface area contributed by atoms with Crippen molar-refractivity contribution in [3.63, 3.8) is 0 Å². The Hall–Kier alpha value is -0.730. The van der Waals surface area contributed by atoms with Crippen molar-refractivity contribution in [2.45, 2.75) is 19.4 Å². The predicted molar refractivity (Wildman–Crippen MR) is 64.8 cm³/mol. The van der Waals surface area contributed by atoms with Crippen LogP contribution >= 0.6 is 11.8 Å². The van der Waals surface area contributed by atoms with E-state index in [2.05, 4.69) is 35.7 Å². The Morgan fingerprint density at radius 3 is 2.60 bits per heavy atom. The molecule has 0 N–H and O–H groups in total. The Kier molecular flexibility index (Phi) is 4.00. The lowest BCUT2D eigenvalue weighted by atomic mass is 10.0. The number of likely N-dealkylation sites (N-methyl/N-ethyl adjacent to an activating group) is 1. The van der Waals surface area contributed by atoms with E-state index in [9.17, 15) is 0 Å². The summed E-state index contributed by atoms with van der Waals surface area (Å²) in [5.41, 5.74) is 0.143. The fourth-order valence-electron chi connectivity index (χ4n) is 1.69. The Balaban J connectivity index is 2.75. The number of aliphatic imine (C=N–C) groups is 1. The van der Waals surface area contributed by atoms with Crippen LogP contribution in [0.15, 0.2) is 4.99 Å². The standard InChI is InChI=1S/C10H18N4S/c1-10(2)7-14(6-5-13(10)3)9(15-4)12-8-11/h5-7H2,1-4H3. The third kappa shape index (κ3) is 2.86. The van der Waals surface area contributed by atoms with Crippen LogP contribution in [-0.2, 0) is 0 Å². The molecule has 1 saturated heterocycles. The summed E-state index contributed by atoms with van der Waals surface area (Å²) in [6.07, 6.45) is 3.83. The Morgan fingerprint density at radius 1 is 1.47 bits per heavy atom. The fraction of sp³-hybridized carbons (Fsp3) is 0.800. The van der Waals surface area contributed by atoms with E-state index in [0.29, 0.717) is 0 Å². The Morgan fingerprint density at radius 2 is 2.13 bits per heavy atom. The molecule has 1 heterocycles. The molecule has 0 unspecified atom stereocenters. The van der Waals surface area contributed by atoms with Crippen molar-refractivity contribution in [3.8, 4) is 6.19 Å². The maximum Gasteiger partial charge on any atom is 0.208 e. The summed E-state index contributed by atoms with van der Waals surface area (Å²) in [5, 5.41) is 9.42. The summed E-state index contributed by atoms with van der Waals surface area (Å²) in [6, 6.07) is 0. The Labute approximate surface area is 95.9 Å². The second-order valence-corrected chi connectivity index (χ2v) is 5.13. The first kappa shape index (κ1) is 12.3. The summed E-state index contributed by atoms with van der Waals surface area (Å²) in [7, 11) is 2.14. The lowest BCUT2D eigenvalue weighted by Crippen LogP contribution is -2.58. The lowest BCUT2D eigenvalue weighted by molar-refractivity contribution is 0.0760. The van der Waals surface area contributed by atoms with Crippen LogP contribution in [0.3, 0.4) is 0 Å². The highest BCUT2D eigenvalue weighted by Crippen LogP contribution is 2.21. The number of thioether (sulfide) groups is 1. The molecule has 5 heteroatoms. The van der Waals surface area contributed by atoms with Gasteiger partial charge in [-0.25, -0.2) is 0 Å². The summed E-state index contributed by atoms with van der Waals surface area (Å²) < 4.78 is 0. The zero-order chi connectivity index (χ0) is 11.5. The van der Waals surface area contributed by atoms with E-state index in [1.54, 1.807) is 0 Å². The van der Waals surface area contributed by atoms with Gasteiger partial charge in [-0.15, -0.1) is 4.99 Å². The number of hydrogen-bond acceptors (Lipinski definition) is 4. The third-order valence-electron chi connectivity index (χ3n) is 2.92. The van der Waals surface area contributed by atoms with E-state index in [4.69, 9.17) is 5.26 Å². The summed E-state index contributed by atoms with van der Waals surface area (Å²) in [6.45, 7) is 7.30. The zero-order valence-electron chi connectivity index (χ0n) is 9.82. The van der Waals surface area contributed by atoms with E-state index in [1.807, 2.05) is 12.4 Å². The molecule has 4 nitrogen and oxygen atoms in total. The number of amidine groups is 1. The summed E-state index contributed by atoms with van der Waals surface area (Å²) in [4.78, 5) is 8.38. The SMILES string of the molecule is CSC(=NC#N)N1CCN(C)C(C)(C)C1. The van der Waals surface area contributed by atoms with E-state index in [0.717, 1.165) is 24.8 Å². The van der Waals surface area contributed by atoms with Crippen LogP contribution in [0.1, 0.15) is 13.8 Å². The van der Waals surface area contributed by atoms with Gasteiger partial charge in [0, 0.05) is 25.2 Å². The number of hydrogen-bond donors (Lipinski definition) is 0. The fourth-order valence-corrected chi connectivity index (χ4v) is 2.24. The monoisotopic (exact) mass is 226 g/mol. The molecule has 0 aromatic carbocycles. The highest BCUT2D eigenvalue weighted by atomic mass is 32.2. The van der Waals surface area contributed by atoms with Crippen LogP contribution in [0.5, 0.6) is 0 Å². The molecule has 0 amide bonds. The number of piperazine rings is 1. The Bertz CT molecular complexity index is 292. The number of nitriles is 1. The van der Waals surface area contributed by atoms with Crippen molar-refractivity contribution in [1.29, 1.82) is 5.26 Å². The molecule has 0 radical (unpaired) electrons. The van der Waals surface area contributed by atoms with Gasteiger partial charge in [0.2, 0.25) is 6.19 Å². The molecule has 1 aliphatic rings. The minimum Gasteiger partial charge on any atom is -0.347 e. The minimum atomic E-state index is 0.143. The van der Waals surface area contributed by atoms with Gasteiger partial charge in [0.1, 0.15) is 0 Å². The largest absolute Gasteiger partial charge is 0.347 e. The second kappa shape index (κ2) is 4.86. The molecule has 0 aliphatic carbocycles. The highest BCUT2D eigenvalue weighted by molar-refractivity contribution is 8.13.